The van der Waals surface area contributed by atoms with Crippen molar-refractivity contribution in [2.75, 3.05) is 7.11 Å². The maximum atomic E-state index is 13.4. The predicted molar refractivity (Wildman–Crippen MR) is 90.2 cm³/mol. The molecule has 2 N–H and O–H groups in total. The minimum absolute atomic E-state index is 0.0750. The number of oxime groups is 1. The molecule has 0 fully saturated rings. The van der Waals surface area contributed by atoms with Crippen LogP contribution in [0.25, 0.3) is 0 Å². The Kier molecular flexibility index (Phi) is 7.52. The van der Waals surface area contributed by atoms with Gasteiger partial charge in [0.05, 0.1) is 13.3 Å². The van der Waals surface area contributed by atoms with E-state index in [1.807, 2.05) is 0 Å². The molecule has 0 aliphatic rings. The summed E-state index contributed by atoms with van der Waals surface area (Å²) in [5, 5.41) is 13.6. The fraction of sp³-hybridized carbons (Fsp3) is 0.412. The summed E-state index contributed by atoms with van der Waals surface area (Å²) in [4.78, 5) is 27.4. The number of nitrogens with one attached hydrogen (secondary N) is 1. The van der Waals surface area contributed by atoms with Crippen molar-refractivity contribution in [1.82, 2.24) is 10.3 Å². The number of esters is 1. The summed E-state index contributed by atoms with van der Waals surface area (Å²) < 4.78 is 23.1. The van der Waals surface area contributed by atoms with Crippen molar-refractivity contribution in [1.29, 1.82) is 0 Å². The first-order valence-electron chi connectivity index (χ1n) is 7.56. The van der Waals surface area contributed by atoms with Crippen LogP contribution >= 0.6 is 0 Å². The number of amides is 1. The molecule has 0 saturated carbocycles. The molecular formula is C17H20FN3O5. The monoisotopic (exact) mass is 365 g/mol. The van der Waals surface area contributed by atoms with Gasteiger partial charge in [0, 0.05) is 6.42 Å². The molecule has 0 aliphatic carbocycles. The van der Waals surface area contributed by atoms with Gasteiger partial charge in [0.2, 0.25) is 0 Å². The molecule has 0 bridgehead atoms. The lowest BCUT2D eigenvalue weighted by atomic mass is 10.2. The van der Waals surface area contributed by atoms with Gasteiger partial charge in [-0.25, -0.2) is 19.0 Å². The normalized spacial score (nSPS) is 12.0. The Labute approximate surface area is 150 Å². The van der Waals surface area contributed by atoms with Crippen molar-refractivity contribution in [2.24, 2.45) is 5.16 Å². The van der Waals surface area contributed by atoms with Crippen LogP contribution in [-0.2, 0) is 14.3 Å². The van der Waals surface area contributed by atoms with E-state index in [1.54, 1.807) is 20.8 Å². The van der Waals surface area contributed by atoms with E-state index < -0.39 is 29.5 Å². The standard InChI is InChI=1S/C17H20FN3O5/c1-17(2,3)26-16(23)21-13(15(22)25-4)7-5-6-11-8-9-12(18)14(20-11)10-19-24/h8-10,13,24H,7H2,1-4H3,(H,21,23)/t13-/m0/s1. The van der Waals surface area contributed by atoms with Gasteiger partial charge < -0.3 is 20.0 Å². The highest BCUT2D eigenvalue weighted by molar-refractivity contribution is 5.81. The number of nitrogens with zero attached hydrogens (tertiary/aromatic N) is 2. The van der Waals surface area contributed by atoms with Gasteiger partial charge in [0.1, 0.15) is 23.0 Å². The van der Waals surface area contributed by atoms with Crippen molar-refractivity contribution < 1.29 is 28.7 Å². The lowest BCUT2D eigenvalue weighted by Gasteiger charge is -2.21. The molecule has 1 atom stereocenters. The van der Waals surface area contributed by atoms with Crippen molar-refractivity contribution in [3.8, 4) is 11.8 Å². The average Bonchev–Trinajstić information content (AvgIpc) is 2.54. The second kappa shape index (κ2) is 9.36. The first-order chi connectivity index (χ1) is 12.2. The number of hydrogen-bond acceptors (Lipinski definition) is 7. The molecule has 1 amide bonds. The molecule has 0 saturated heterocycles. The van der Waals surface area contributed by atoms with Crippen molar-refractivity contribution >= 4 is 18.3 Å². The highest BCUT2D eigenvalue weighted by Gasteiger charge is 2.24. The van der Waals surface area contributed by atoms with Gasteiger partial charge >= 0.3 is 12.1 Å². The van der Waals surface area contributed by atoms with Gasteiger partial charge in [0.15, 0.2) is 5.82 Å². The number of rotatable bonds is 4. The van der Waals surface area contributed by atoms with Crippen LogP contribution in [0, 0.1) is 17.7 Å². The lowest BCUT2D eigenvalue weighted by Crippen LogP contribution is -2.43. The Morgan fingerprint density at radius 2 is 2.15 bits per heavy atom. The van der Waals surface area contributed by atoms with E-state index in [0.717, 1.165) is 12.3 Å². The third-order valence-electron chi connectivity index (χ3n) is 2.75. The van der Waals surface area contributed by atoms with Crippen LogP contribution in [0.1, 0.15) is 38.6 Å². The van der Waals surface area contributed by atoms with Crippen molar-refractivity contribution in [3.63, 3.8) is 0 Å². The smallest absolute Gasteiger partial charge is 0.408 e. The molecule has 140 valence electrons. The molecule has 1 heterocycles. The SMILES string of the molecule is COC(=O)[C@H](CC#Cc1ccc(F)c(C=NO)n1)NC(=O)OC(C)(C)C. The predicted octanol–water partition coefficient (Wildman–Crippen LogP) is 1.84. The van der Waals surface area contributed by atoms with Gasteiger partial charge in [-0.05, 0) is 38.8 Å². The van der Waals surface area contributed by atoms with Gasteiger partial charge in [-0.2, -0.15) is 0 Å². The van der Waals surface area contributed by atoms with Crippen molar-refractivity contribution in [3.05, 3.63) is 29.3 Å². The van der Waals surface area contributed by atoms with E-state index in [-0.39, 0.29) is 17.8 Å². The molecule has 1 aromatic rings. The number of alkyl carbamates (subject to hydrolysis) is 1. The van der Waals surface area contributed by atoms with Crippen molar-refractivity contribution in [2.45, 2.75) is 38.8 Å². The second-order valence-corrected chi connectivity index (χ2v) is 6.04. The quantitative estimate of drug-likeness (QED) is 0.277. The second-order valence-electron chi connectivity index (χ2n) is 6.04. The Bertz CT molecular complexity index is 747. The van der Waals surface area contributed by atoms with E-state index in [9.17, 15) is 14.0 Å². The zero-order chi connectivity index (χ0) is 19.7. The van der Waals surface area contributed by atoms with Gasteiger partial charge in [-0.3, -0.25) is 0 Å². The number of carbonyl (C=O) groups is 2. The van der Waals surface area contributed by atoms with Crippen LogP contribution in [0.15, 0.2) is 17.3 Å². The Hall–Kier alpha value is -3.15. The maximum Gasteiger partial charge on any atom is 0.408 e. The number of carbonyl (C=O) groups excluding carboxylic acids is 2. The Morgan fingerprint density at radius 3 is 2.73 bits per heavy atom. The summed E-state index contributed by atoms with van der Waals surface area (Å²) in [5.41, 5.74) is -0.711. The van der Waals surface area contributed by atoms with Crippen LogP contribution in [-0.4, -0.2) is 47.2 Å². The summed E-state index contributed by atoms with van der Waals surface area (Å²) in [5.74, 6) is 3.93. The molecule has 8 nitrogen and oxygen atoms in total. The van der Waals surface area contributed by atoms with E-state index in [1.165, 1.54) is 13.2 Å². The van der Waals surface area contributed by atoms with Crippen LogP contribution in [0.3, 0.4) is 0 Å². The number of aromatic nitrogens is 1. The van der Waals surface area contributed by atoms with E-state index in [2.05, 4.69) is 32.0 Å². The van der Waals surface area contributed by atoms with Gasteiger partial charge in [-0.1, -0.05) is 11.1 Å². The molecule has 1 rings (SSSR count). The third kappa shape index (κ3) is 7.17. The summed E-state index contributed by atoms with van der Waals surface area (Å²) >= 11 is 0. The van der Waals surface area contributed by atoms with Crippen LogP contribution in [0.2, 0.25) is 0 Å². The summed E-state index contributed by atoms with van der Waals surface area (Å²) in [6, 6.07) is 1.40. The third-order valence-corrected chi connectivity index (χ3v) is 2.75. The highest BCUT2D eigenvalue weighted by Crippen LogP contribution is 2.08. The number of halogens is 1. The Balaban J connectivity index is 2.85. The fourth-order valence-electron chi connectivity index (χ4n) is 1.70. The number of methoxy groups -OCH3 is 1. The molecular weight excluding hydrogens is 345 g/mol. The largest absolute Gasteiger partial charge is 0.467 e. The number of pyridine rings is 1. The maximum absolute atomic E-state index is 13.4. The zero-order valence-corrected chi connectivity index (χ0v) is 14.9. The molecule has 0 radical (unpaired) electrons. The molecule has 0 aliphatic heterocycles. The minimum atomic E-state index is -1.04. The first-order valence-corrected chi connectivity index (χ1v) is 7.56. The first kappa shape index (κ1) is 20.9. The molecule has 0 aromatic carbocycles. The van der Waals surface area contributed by atoms with E-state index in [0.29, 0.717) is 0 Å². The molecule has 0 spiro atoms. The van der Waals surface area contributed by atoms with Gasteiger partial charge in [-0.15, -0.1) is 0 Å². The lowest BCUT2D eigenvalue weighted by molar-refractivity contribution is -0.143. The molecule has 0 unspecified atom stereocenters. The summed E-state index contributed by atoms with van der Waals surface area (Å²) in [7, 11) is 1.18. The Morgan fingerprint density at radius 1 is 1.46 bits per heavy atom. The zero-order valence-electron chi connectivity index (χ0n) is 14.9. The van der Waals surface area contributed by atoms with Crippen LogP contribution < -0.4 is 5.32 Å². The van der Waals surface area contributed by atoms with Crippen LogP contribution in [0.5, 0.6) is 0 Å². The van der Waals surface area contributed by atoms with E-state index >= 15 is 0 Å². The topological polar surface area (TPSA) is 110 Å². The summed E-state index contributed by atoms with van der Waals surface area (Å²) in [6.07, 6.45) is -0.0213. The molecule has 26 heavy (non-hydrogen) atoms. The minimum Gasteiger partial charge on any atom is -0.467 e. The average molecular weight is 365 g/mol. The number of ether oxygens (including phenoxy) is 2. The highest BCUT2D eigenvalue weighted by atomic mass is 19.1. The fourth-order valence-corrected chi connectivity index (χ4v) is 1.70. The van der Waals surface area contributed by atoms with Gasteiger partial charge in [0.25, 0.3) is 0 Å². The van der Waals surface area contributed by atoms with E-state index in [4.69, 9.17) is 9.94 Å². The van der Waals surface area contributed by atoms with Crippen LogP contribution in [0.4, 0.5) is 9.18 Å². The summed E-state index contributed by atoms with van der Waals surface area (Å²) in [6.45, 7) is 5.06. The molecule has 1 aromatic heterocycles. The number of hydrogen-bond donors (Lipinski definition) is 2. The molecule has 9 heteroatoms.